The fourth-order valence-corrected chi connectivity index (χ4v) is 2.89. The summed E-state index contributed by atoms with van der Waals surface area (Å²) < 4.78 is 21.7. The third-order valence-electron chi connectivity index (χ3n) is 4.37. The van der Waals surface area contributed by atoms with Crippen molar-refractivity contribution in [3.05, 3.63) is 46.5 Å². The fraction of sp³-hybridized carbons (Fsp3) is 0.333. The molecule has 2 aromatic rings. The first-order valence-corrected chi connectivity index (χ1v) is 9.52. The number of hydrogen-bond acceptors (Lipinski definition) is 6. The van der Waals surface area contributed by atoms with Gasteiger partial charge in [-0.15, -0.1) is 0 Å². The number of amides is 1. The molecule has 1 atom stereocenters. The molecule has 0 radical (unpaired) electrons. The molecule has 0 aliphatic carbocycles. The van der Waals surface area contributed by atoms with Gasteiger partial charge in [-0.25, -0.2) is 4.79 Å². The van der Waals surface area contributed by atoms with Crippen molar-refractivity contribution in [3.8, 4) is 17.2 Å². The van der Waals surface area contributed by atoms with Crippen LogP contribution in [0.3, 0.4) is 0 Å². The van der Waals surface area contributed by atoms with Crippen molar-refractivity contribution in [1.82, 2.24) is 0 Å². The number of halogens is 1. The van der Waals surface area contributed by atoms with Gasteiger partial charge >= 0.3 is 5.97 Å². The van der Waals surface area contributed by atoms with Gasteiger partial charge in [-0.1, -0.05) is 11.6 Å². The molecular formula is C21H22ClNO6. The average Bonchev–Trinajstić information content (AvgIpc) is 2.95. The highest BCUT2D eigenvalue weighted by Crippen LogP contribution is 2.32. The Bertz CT molecular complexity index is 930. The highest BCUT2D eigenvalue weighted by atomic mass is 35.5. The molecular weight excluding hydrogens is 398 g/mol. The molecule has 0 spiro atoms. The first-order chi connectivity index (χ1) is 13.9. The zero-order valence-electron chi connectivity index (χ0n) is 16.4. The number of anilines is 1. The quantitative estimate of drug-likeness (QED) is 0.737. The van der Waals surface area contributed by atoms with Crippen LogP contribution in [0.25, 0.3) is 0 Å². The highest BCUT2D eigenvalue weighted by molar-refractivity contribution is 6.31. The summed E-state index contributed by atoms with van der Waals surface area (Å²) in [5.74, 6) is 0.344. The fourth-order valence-electron chi connectivity index (χ4n) is 2.74. The number of carbonyl (C=O) groups excluding carboxylic acids is 2. The molecule has 1 amide bonds. The second-order valence-corrected chi connectivity index (χ2v) is 6.96. The zero-order valence-corrected chi connectivity index (χ0v) is 17.2. The number of carbonyl (C=O) groups is 2. The Hall–Kier alpha value is -2.93. The van der Waals surface area contributed by atoms with Crippen molar-refractivity contribution in [2.24, 2.45) is 0 Å². The van der Waals surface area contributed by atoms with Gasteiger partial charge in [0.25, 0.3) is 5.91 Å². The number of nitrogens with one attached hydrogen (secondary N) is 1. The first-order valence-electron chi connectivity index (χ1n) is 9.14. The van der Waals surface area contributed by atoms with E-state index in [1.165, 1.54) is 14.0 Å². The molecule has 1 unspecified atom stereocenters. The minimum absolute atomic E-state index is 0.272. The van der Waals surface area contributed by atoms with Gasteiger partial charge in [-0.2, -0.15) is 0 Å². The largest absolute Gasteiger partial charge is 0.495 e. The van der Waals surface area contributed by atoms with Crippen LogP contribution in [-0.4, -0.2) is 38.3 Å². The monoisotopic (exact) mass is 419 g/mol. The molecule has 7 nitrogen and oxygen atoms in total. The van der Waals surface area contributed by atoms with Gasteiger partial charge in [0.1, 0.15) is 5.75 Å². The molecule has 8 heteroatoms. The number of ether oxygens (including phenoxy) is 4. The molecule has 0 saturated carbocycles. The van der Waals surface area contributed by atoms with Crippen LogP contribution >= 0.6 is 11.6 Å². The van der Waals surface area contributed by atoms with E-state index in [0.717, 1.165) is 12.0 Å². The van der Waals surface area contributed by atoms with Crippen LogP contribution in [0.1, 0.15) is 29.3 Å². The third-order valence-corrected chi connectivity index (χ3v) is 4.78. The zero-order chi connectivity index (χ0) is 21.0. The van der Waals surface area contributed by atoms with E-state index in [1.54, 1.807) is 30.3 Å². The molecule has 1 aliphatic rings. The van der Waals surface area contributed by atoms with Crippen molar-refractivity contribution >= 4 is 29.2 Å². The van der Waals surface area contributed by atoms with Crippen LogP contribution in [0.5, 0.6) is 17.2 Å². The van der Waals surface area contributed by atoms with Crippen molar-refractivity contribution in [1.29, 1.82) is 0 Å². The standard InChI is InChI=1S/C21H22ClNO6/c1-12-9-16(18(26-3)11-15(12)22)23-20(24)13(2)29-21(25)14-5-6-17-19(10-14)28-8-4-7-27-17/h5-6,9-11,13H,4,7-8H2,1-3H3,(H,23,24). The summed E-state index contributed by atoms with van der Waals surface area (Å²) >= 11 is 6.08. The Morgan fingerprint density at radius 2 is 1.86 bits per heavy atom. The van der Waals surface area contributed by atoms with Crippen molar-refractivity contribution in [2.45, 2.75) is 26.4 Å². The molecule has 2 aromatic carbocycles. The lowest BCUT2D eigenvalue weighted by Crippen LogP contribution is -2.30. The predicted octanol–water partition coefficient (Wildman–Crippen LogP) is 4.00. The lowest BCUT2D eigenvalue weighted by Gasteiger charge is -2.16. The normalized spacial score (nSPS) is 13.8. The summed E-state index contributed by atoms with van der Waals surface area (Å²) in [6.07, 6.45) is -0.265. The molecule has 1 N–H and O–H groups in total. The van der Waals surface area contributed by atoms with Gasteiger partial charge in [0.2, 0.25) is 0 Å². The molecule has 0 bridgehead atoms. The van der Waals surface area contributed by atoms with E-state index in [1.807, 2.05) is 6.92 Å². The van der Waals surface area contributed by atoms with Crippen LogP contribution < -0.4 is 19.5 Å². The molecule has 1 aliphatic heterocycles. The molecule has 0 fully saturated rings. The van der Waals surface area contributed by atoms with E-state index in [4.69, 9.17) is 30.5 Å². The number of rotatable bonds is 5. The van der Waals surface area contributed by atoms with Crippen LogP contribution in [-0.2, 0) is 9.53 Å². The molecule has 1 heterocycles. The van der Waals surface area contributed by atoms with E-state index in [2.05, 4.69) is 5.32 Å². The Labute approximate surface area is 173 Å². The van der Waals surface area contributed by atoms with E-state index >= 15 is 0 Å². The molecule has 3 rings (SSSR count). The number of aryl methyl sites for hydroxylation is 1. The number of fused-ring (bicyclic) bond motifs is 1. The highest BCUT2D eigenvalue weighted by Gasteiger charge is 2.22. The Morgan fingerprint density at radius 3 is 2.59 bits per heavy atom. The topological polar surface area (TPSA) is 83.1 Å². The van der Waals surface area contributed by atoms with Gasteiger partial charge < -0.3 is 24.3 Å². The smallest absolute Gasteiger partial charge is 0.339 e. The second kappa shape index (κ2) is 9.05. The van der Waals surface area contributed by atoms with Crippen molar-refractivity contribution < 1.29 is 28.5 Å². The molecule has 154 valence electrons. The van der Waals surface area contributed by atoms with Crippen molar-refractivity contribution in [3.63, 3.8) is 0 Å². The number of hydrogen-bond donors (Lipinski definition) is 1. The summed E-state index contributed by atoms with van der Waals surface area (Å²) in [5.41, 5.74) is 1.49. The third kappa shape index (κ3) is 4.92. The number of benzene rings is 2. The van der Waals surface area contributed by atoms with E-state index < -0.39 is 18.0 Å². The van der Waals surface area contributed by atoms with Crippen LogP contribution in [0.15, 0.2) is 30.3 Å². The lowest BCUT2D eigenvalue weighted by atomic mass is 10.2. The van der Waals surface area contributed by atoms with Crippen LogP contribution in [0, 0.1) is 6.92 Å². The molecule has 0 aromatic heterocycles. The summed E-state index contributed by atoms with van der Waals surface area (Å²) in [7, 11) is 1.48. The molecule has 29 heavy (non-hydrogen) atoms. The van der Waals surface area contributed by atoms with Gasteiger partial charge in [-0.05, 0) is 43.7 Å². The minimum Gasteiger partial charge on any atom is -0.495 e. The summed E-state index contributed by atoms with van der Waals surface area (Å²) in [4.78, 5) is 25.0. The van der Waals surface area contributed by atoms with Crippen LogP contribution in [0.2, 0.25) is 5.02 Å². The van der Waals surface area contributed by atoms with E-state index in [0.29, 0.717) is 41.2 Å². The summed E-state index contributed by atoms with van der Waals surface area (Å²) in [5, 5.41) is 3.22. The Kier molecular flexibility index (Phi) is 6.49. The summed E-state index contributed by atoms with van der Waals surface area (Å²) in [6, 6.07) is 8.09. The second-order valence-electron chi connectivity index (χ2n) is 6.55. The average molecular weight is 420 g/mol. The first kappa shape index (κ1) is 20.8. The SMILES string of the molecule is COc1cc(Cl)c(C)cc1NC(=O)C(C)OC(=O)c1ccc2c(c1)OCCCO2. The minimum atomic E-state index is -1.03. The maximum atomic E-state index is 12.5. The molecule has 0 saturated heterocycles. The van der Waals surface area contributed by atoms with Gasteiger partial charge in [-0.3, -0.25) is 4.79 Å². The Balaban J connectivity index is 1.68. The maximum Gasteiger partial charge on any atom is 0.339 e. The lowest BCUT2D eigenvalue weighted by molar-refractivity contribution is -0.123. The Morgan fingerprint density at radius 1 is 1.14 bits per heavy atom. The maximum absolute atomic E-state index is 12.5. The van der Waals surface area contributed by atoms with E-state index in [9.17, 15) is 9.59 Å². The number of esters is 1. The van der Waals surface area contributed by atoms with Gasteiger partial charge in [0.05, 0.1) is 31.6 Å². The van der Waals surface area contributed by atoms with Crippen LogP contribution in [0.4, 0.5) is 5.69 Å². The number of methoxy groups -OCH3 is 1. The van der Waals surface area contributed by atoms with E-state index in [-0.39, 0.29) is 5.56 Å². The predicted molar refractivity (Wildman–Crippen MR) is 108 cm³/mol. The van der Waals surface area contributed by atoms with Crippen molar-refractivity contribution in [2.75, 3.05) is 25.6 Å². The van der Waals surface area contributed by atoms with Gasteiger partial charge in [0, 0.05) is 17.5 Å². The van der Waals surface area contributed by atoms with Gasteiger partial charge in [0.15, 0.2) is 17.6 Å². The summed E-state index contributed by atoms with van der Waals surface area (Å²) in [6.45, 7) is 4.37.